The quantitative estimate of drug-likeness (QED) is 0.270. The minimum atomic E-state index is -0.684. The van der Waals surface area contributed by atoms with Crippen LogP contribution in [0.1, 0.15) is 37.5 Å². The Morgan fingerprint density at radius 1 is 1.07 bits per heavy atom. The summed E-state index contributed by atoms with van der Waals surface area (Å²) in [5, 5.41) is 15.9. The van der Waals surface area contributed by atoms with Crippen molar-refractivity contribution in [2.45, 2.75) is 6.42 Å². The molecule has 0 saturated heterocycles. The van der Waals surface area contributed by atoms with E-state index in [1.165, 1.54) is 24.3 Å². The van der Waals surface area contributed by atoms with Gasteiger partial charge in [0.2, 0.25) is 0 Å². The number of non-ortho nitro benzene ring substituents is 1. The number of imide groups is 1. The number of benzene rings is 2. The second-order valence-electron chi connectivity index (χ2n) is 6.39. The molecular weight excluding hydrogens is 394 g/mol. The number of nitro groups is 1. The lowest BCUT2D eigenvalue weighted by Crippen LogP contribution is -2.35. The van der Waals surface area contributed by atoms with Gasteiger partial charge in [-0.25, -0.2) is 4.79 Å². The smallest absolute Gasteiger partial charge is 0.319 e. The minimum Gasteiger partial charge on any atom is -0.366 e. The molecule has 0 unspecified atom stereocenters. The molecule has 0 aliphatic carbocycles. The number of hydrogen-bond donors (Lipinski definition) is 3. The molecule has 30 heavy (non-hydrogen) atoms. The van der Waals surface area contributed by atoms with E-state index >= 15 is 0 Å². The van der Waals surface area contributed by atoms with Crippen molar-refractivity contribution in [2.75, 3.05) is 18.4 Å². The van der Waals surface area contributed by atoms with E-state index in [0.717, 1.165) is 11.0 Å². The Balaban J connectivity index is 1.53. The van der Waals surface area contributed by atoms with E-state index < -0.39 is 28.7 Å². The average molecular weight is 411 g/mol. The zero-order valence-corrected chi connectivity index (χ0v) is 15.6. The molecule has 0 saturated carbocycles. The Morgan fingerprint density at radius 3 is 2.47 bits per heavy atom. The SMILES string of the molecule is NC(=O)c1ccccc1NC(=O)NCCCN1C(=O)c2ccc([N+](=O)[O-])cc2C1=O. The third-order valence-corrected chi connectivity index (χ3v) is 4.45. The van der Waals surface area contributed by atoms with Crippen LogP contribution in [0.5, 0.6) is 0 Å². The van der Waals surface area contributed by atoms with Crippen molar-refractivity contribution >= 4 is 35.1 Å². The second kappa shape index (κ2) is 8.39. The highest BCUT2D eigenvalue weighted by molar-refractivity contribution is 6.21. The van der Waals surface area contributed by atoms with E-state index in [4.69, 9.17) is 5.73 Å². The number of amides is 5. The summed E-state index contributed by atoms with van der Waals surface area (Å²) in [5.74, 6) is -1.83. The molecular formula is C19H17N5O6. The Bertz CT molecular complexity index is 1070. The number of carbonyl (C=O) groups excluding carboxylic acids is 4. The summed E-state index contributed by atoms with van der Waals surface area (Å²) in [6.07, 6.45) is 0.262. The maximum atomic E-state index is 12.4. The number of carbonyl (C=O) groups is 4. The van der Waals surface area contributed by atoms with E-state index in [9.17, 15) is 29.3 Å². The van der Waals surface area contributed by atoms with Crippen molar-refractivity contribution in [1.82, 2.24) is 10.2 Å². The van der Waals surface area contributed by atoms with Gasteiger partial charge < -0.3 is 16.4 Å². The van der Waals surface area contributed by atoms with Crippen LogP contribution in [0.25, 0.3) is 0 Å². The van der Waals surface area contributed by atoms with Crippen molar-refractivity contribution in [3.8, 4) is 0 Å². The molecule has 154 valence electrons. The lowest BCUT2D eigenvalue weighted by molar-refractivity contribution is -0.384. The first-order chi connectivity index (χ1) is 14.3. The summed E-state index contributed by atoms with van der Waals surface area (Å²) in [4.78, 5) is 59.3. The van der Waals surface area contributed by atoms with Gasteiger partial charge in [-0.1, -0.05) is 12.1 Å². The van der Waals surface area contributed by atoms with Crippen LogP contribution >= 0.6 is 0 Å². The van der Waals surface area contributed by atoms with Gasteiger partial charge in [0.15, 0.2) is 0 Å². The first kappa shape index (κ1) is 20.5. The van der Waals surface area contributed by atoms with Crippen molar-refractivity contribution in [3.05, 3.63) is 69.3 Å². The van der Waals surface area contributed by atoms with Gasteiger partial charge in [0.25, 0.3) is 23.4 Å². The topological polar surface area (TPSA) is 165 Å². The molecule has 0 bridgehead atoms. The van der Waals surface area contributed by atoms with E-state index in [1.807, 2.05) is 0 Å². The van der Waals surface area contributed by atoms with Crippen molar-refractivity contribution in [3.63, 3.8) is 0 Å². The molecule has 0 radical (unpaired) electrons. The number of nitrogens with zero attached hydrogens (tertiary/aromatic N) is 2. The summed E-state index contributed by atoms with van der Waals surface area (Å²) < 4.78 is 0. The van der Waals surface area contributed by atoms with Gasteiger partial charge in [-0.05, 0) is 24.6 Å². The van der Waals surface area contributed by atoms with Gasteiger partial charge in [-0.3, -0.25) is 29.4 Å². The normalized spacial score (nSPS) is 12.5. The highest BCUT2D eigenvalue weighted by atomic mass is 16.6. The van der Waals surface area contributed by atoms with E-state index in [1.54, 1.807) is 12.1 Å². The van der Waals surface area contributed by atoms with E-state index in [-0.39, 0.29) is 47.6 Å². The van der Waals surface area contributed by atoms with Crippen LogP contribution in [0.2, 0.25) is 0 Å². The summed E-state index contributed by atoms with van der Waals surface area (Å²) in [5.41, 5.74) is 5.49. The Labute approximate surface area is 170 Å². The Hall–Kier alpha value is -4.28. The van der Waals surface area contributed by atoms with Crippen LogP contribution in [0.4, 0.5) is 16.2 Å². The number of fused-ring (bicyclic) bond motifs is 1. The largest absolute Gasteiger partial charge is 0.366 e. The Kier molecular flexibility index (Phi) is 5.72. The van der Waals surface area contributed by atoms with Crippen molar-refractivity contribution in [1.29, 1.82) is 0 Å². The molecule has 0 aromatic heterocycles. The number of para-hydroxylation sites is 1. The zero-order chi connectivity index (χ0) is 21.8. The molecule has 0 atom stereocenters. The fraction of sp³-hybridized carbons (Fsp3) is 0.158. The second-order valence-corrected chi connectivity index (χ2v) is 6.39. The third-order valence-electron chi connectivity index (χ3n) is 4.45. The van der Waals surface area contributed by atoms with Crippen LogP contribution in [0.15, 0.2) is 42.5 Å². The molecule has 1 aliphatic heterocycles. The maximum absolute atomic E-state index is 12.4. The fourth-order valence-electron chi connectivity index (χ4n) is 3.01. The van der Waals surface area contributed by atoms with Crippen LogP contribution in [0.3, 0.4) is 0 Å². The predicted molar refractivity (Wildman–Crippen MR) is 105 cm³/mol. The van der Waals surface area contributed by atoms with E-state index in [2.05, 4.69) is 10.6 Å². The minimum absolute atomic E-state index is 0.0111. The number of nitro benzene ring substituents is 1. The summed E-state index contributed by atoms with van der Waals surface area (Å²) in [7, 11) is 0. The van der Waals surface area contributed by atoms with Gasteiger partial charge in [0.05, 0.1) is 27.3 Å². The molecule has 0 spiro atoms. The van der Waals surface area contributed by atoms with Crippen LogP contribution in [-0.4, -0.2) is 46.7 Å². The van der Waals surface area contributed by atoms with Gasteiger partial charge in [0, 0.05) is 25.2 Å². The highest BCUT2D eigenvalue weighted by Gasteiger charge is 2.36. The monoisotopic (exact) mass is 411 g/mol. The van der Waals surface area contributed by atoms with Crippen LogP contribution in [0, 0.1) is 10.1 Å². The van der Waals surface area contributed by atoms with E-state index in [0.29, 0.717) is 0 Å². The highest BCUT2D eigenvalue weighted by Crippen LogP contribution is 2.26. The number of urea groups is 1. The molecule has 5 amide bonds. The van der Waals surface area contributed by atoms with Crippen molar-refractivity contribution in [2.24, 2.45) is 5.73 Å². The van der Waals surface area contributed by atoms with Gasteiger partial charge in [0.1, 0.15) is 0 Å². The molecule has 2 aromatic carbocycles. The molecule has 2 aromatic rings. The standard InChI is InChI=1S/C19H17N5O6/c20-16(25)13-4-1-2-5-15(13)22-19(28)21-8-3-9-23-17(26)12-7-6-11(24(29)30)10-14(12)18(23)27/h1-2,4-7,10H,3,8-9H2,(H2,20,25)(H2,21,22,28). The number of rotatable bonds is 7. The van der Waals surface area contributed by atoms with Gasteiger partial charge in [-0.2, -0.15) is 0 Å². The number of nitrogens with two attached hydrogens (primary N) is 1. The average Bonchev–Trinajstić information content (AvgIpc) is 2.95. The molecule has 1 aliphatic rings. The number of hydrogen-bond acceptors (Lipinski definition) is 6. The summed E-state index contributed by atoms with van der Waals surface area (Å²) in [6, 6.07) is 9.18. The summed E-state index contributed by atoms with van der Waals surface area (Å²) in [6.45, 7) is 0.163. The predicted octanol–water partition coefficient (Wildman–Crippen LogP) is 1.50. The number of nitrogens with one attached hydrogen (secondary N) is 2. The molecule has 11 heteroatoms. The maximum Gasteiger partial charge on any atom is 0.319 e. The summed E-state index contributed by atoms with van der Waals surface area (Å²) >= 11 is 0. The fourth-order valence-corrected chi connectivity index (χ4v) is 3.01. The lowest BCUT2D eigenvalue weighted by atomic mass is 10.1. The van der Waals surface area contributed by atoms with Gasteiger partial charge in [-0.15, -0.1) is 0 Å². The Morgan fingerprint density at radius 2 is 1.77 bits per heavy atom. The third kappa shape index (κ3) is 4.09. The van der Waals surface area contributed by atoms with Crippen LogP contribution < -0.4 is 16.4 Å². The molecule has 0 fully saturated rings. The zero-order valence-electron chi connectivity index (χ0n) is 15.6. The first-order valence-electron chi connectivity index (χ1n) is 8.88. The van der Waals surface area contributed by atoms with Crippen LogP contribution in [-0.2, 0) is 0 Å². The molecule has 3 rings (SSSR count). The first-order valence-corrected chi connectivity index (χ1v) is 8.88. The molecule has 1 heterocycles. The molecule has 4 N–H and O–H groups in total. The number of primary amides is 1. The number of anilines is 1. The van der Waals surface area contributed by atoms with Crippen molar-refractivity contribution < 1.29 is 24.1 Å². The lowest BCUT2D eigenvalue weighted by Gasteiger charge is -2.14. The molecule has 11 nitrogen and oxygen atoms in total. The van der Waals surface area contributed by atoms with Gasteiger partial charge >= 0.3 is 6.03 Å².